The van der Waals surface area contributed by atoms with Crippen LogP contribution < -0.4 is 0 Å². The van der Waals surface area contributed by atoms with Crippen LogP contribution in [-0.4, -0.2) is 36.9 Å². The minimum Gasteiger partial charge on any atom is -0.478 e. The maximum absolute atomic E-state index is 11.7. The fraction of sp³-hybridized carbons (Fsp3) is 0.200. The molecule has 3 aromatic rings. The van der Waals surface area contributed by atoms with E-state index in [2.05, 4.69) is 10.2 Å². The van der Waals surface area contributed by atoms with Gasteiger partial charge in [0.25, 0.3) is 5.22 Å². The molecule has 8 nitrogen and oxygen atoms in total. The Hall–Kier alpha value is -3.33. The number of aromatic carboxylic acids is 1. The minimum atomic E-state index is -1.10. The minimum absolute atomic E-state index is 0.0535. The van der Waals surface area contributed by atoms with Crippen LogP contribution in [0, 0.1) is 13.8 Å². The molecule has 0 saturated carbocycles. The third-order valence-corrected chi connectivity index (χ3v) is 5.14. The van der Waals surface area contributed by atoms with Crippen LogP contribution in [0.5, 0.6) is 0 Å². The van der Waals surface area contributed by atoms with Crippen LogP contribution in [0.3, 0.4) is 0 Å². The molecular formula is C20H19N3O5S. The van der Waals surface area contributed by atoms with Crippen molar-refractivity contribution in [1.29, 1.82) is 0 Å². The van der Waals surface area contributed by atoms with Crippen LogP contribution in [0.2, 0.25) is 0 Å². The molecule has 0 atom stereocenters. The molecular weight excluding hydrogens is 394 g/mol. The van der Waals surface area contributed by atoms with Crippen molar-refractivity contribution in [1.82, 2.24) is 14.8 Å². The van der Waals surface area contributed by atoms with Gasteiger partial charge in [-0.05, 0) is 67.6 Å². The highest BCUT2D eigenvalue weighted by Crippen LogP contribution is 2.30. The van der Waals surface area contributed by atoms with E-state index in [4.69, 9.17) is 9.52 Å². The molecule has 0 bridgehead atoms. The summed E-state index contributed by atoms with van der Waals surface area (Å²) in [4.78, 5) is 22.8. The maximum Gasteiger partial charge on any atom is 0.342 e. The van der Waals surface area contributed by atoms with Gasteiger partial charge in [0.1, 0.15) is 4.91 Å². The Morgan fingerprint density at radius 1 is 1.17 bits per heavy atom. The Labute approximate surface area is 170 Å². The summed E-state index contributed by atoms with van der Waals surface area (Å²) in [5.41, 5.74) is 3.43. The highest BCUT2D eigenvalue weighted by molar-refractivity contribution is 8.03. The number of benzene rings is 1. The van der Waals surface area contributed by atoms with Crippen molar-refractivity contribution >= 4 is 29.8 Å². The average Bonchev–Trinajstić information content (AvgIpc) is 3.25. The van der Waals surface area contributed by atoms with Gasteiger partial charge in [-0.3, -0.25) is 0 Å². The van der Waals surface area contributed by atoms with Gasteiger partial charge in [0, 0.05) is 23.5 Å². The van der Waals surface area contributed by atoms with Crippen molar-refractivity contribution < 1.29 is 24.2 Å². The van der Waals surface area contributed by atoms with E-state index in [1.807, 2.05) is 31.4 Å². The van der Waals surface area contributed by atoms with Crippen LogP contribution in [0.1, 0.15) is 40.1 Å². The molecule has 0 amide bonds. The second-order valence-electron chi connectivity index (χ2n) is 6.24. The van der Waals surface area contributed by atoms with Crippen molar-refractivity contribution in [3.63, 3.8) is 0 Å². The molecule has 0 aliphatic rings. The molecule has 0 unspecified atom stereocenters. The van der Waals surface area contributed by atoms with Gasteiger partial charge >= 0.3 is 11.9 Å². The van der Waals surface area contributed by atoms with E-state index in [1.54, 1.807) is 18.2 Å². The maximum atomic E-state index is 11.7. The Kier molecular flexibility index (Phi) is 5.88. The lowest BCUT2D eigenvalue weighted by Crippen LogP contribution is -2.01. The Balaban J connectivity index is 1.96. The van der Waals surface area contributed by atoms with Crippen molar-refractivity contribution in [3.05, 3.63) is 63.6 Å². The summed E-state index contributed by atoms with van der Waals surface area (Å²) >= 11 is 0.899. The van der Waals surface area contributed by atoms with Gasteiger partial charge < -0.3 is 19.2 Å². The van der Waals surface area contributed by atoms with Crippen LogP contribution in [0.15, 0.2) is 44.9 Å². The lowest BCUT2D eigenvalue weighted by atomic mass is 10.2. The van der Waals surface area contributed by atoms with Gasteiger partial charge in [-0.25, -0.2) is 9.59 Å². The van der Waals surface area contributed by atoms with Crippen molar-refractivity contribution in [2.24, 2.45) is 0 Å². The first-order valence-electron chi connectivity index (χ1n) is 8.78. The number of aryl methyl sites for hydroxylation is 2. The molecule has 150 valence electrons. The molecule has 2 N–H and O–H groups in total. The average molecular weight is 413 g/mol. The number of hydrogen-bond acceptors (Lipinski definition) is 6. The normalized spacial score (nSPS) is 11.6. The third kappa shape index (κ3) is 4.40. The molecule has 0 aliphatic heterocycles. The molecule has 0 fully saturated rings. The number of rotatable bonds is 7. The van der Waals surface area contributed by atoms with Gasteiger partial charge in [0.05, 0.1) is 5.56 Å². The first kappa shape index (κ1) is 20.4. The predicted octanol–water partition coefficient (Wildman–Crippen LogP) is 3.96. The lowest BCUT2D eigenvalue weighted by molar-refractivity contribution is -0.131. The largest absolute Gasteiger partial charge is 0.478 e. The van der Waals surface area contributed by atoms with Gasteiger partial charge in [0.2, 0.25) is 5.89 Å². The topological polar surface area (TPSA) is 118 Å². The zero-order valence-electron chi connectivity index (χ0n) is 16.0. The van der Waals surface area contributed by atoms with E-state index in [9.17, 15) is 14.7 Å². The predicted molar refractivity (Wildman–Crippen MR) is 107 cm³/mol. The van der Waals surface area contributed by atoms with Crippen molar-refractivity contribution in [2.45, 2.75) is 32.4 Å². The van der Waals surface area contributed by atoms with Crippen molar-refractivity contribution in [2.75, 3.05) is 0 Å². The SMILES string of the molecule is CCc1nnc(S/C(=C\c2cc(C)n(-c3ccc(C(=O)O)cc3)c2C)C(=O)O)o1. The van der Waals surface area contributed by atoms with Crippen LogP contribution in [0.4, 0.5) is 0 Å². The fourth-order valence-corrected chi connectivity index (χ4v) is 3.56. The Morgan fingerprint density at radius 2 is 1.86 bits per heavy atom. The molecule has 29 heavy (non-hydrogen) atoms. The first-order chi connectivity index (χ1) is 13.8. The monoisotopic (exact) mass is 413 g/mol. The molecule has 2 heterocycles. The van der Waals surface area contributed by atoms with Gasteiger partial charge in [-0.2, -0.15) is 0 Å². The number of aromatic nitrogens is 3. The molecule has 9 heteroatoms. The van der Waals surface area contributed by atoms with Gasteiger partial charge in [0.15, 0.2) is 0 Å². The molecule has 0 aliphatic carbocycles. The Bertz CT molecular complexity index is 1100. The summed E-state index contributed by atoms with van der Waals surface area (Å²) in [7, 11) is 0. The fourth-order valence-electron chi connectivity index (χ4n) is 2.88. The van der Waals surface area contributed by atoms with E-state index in [0.717, 1.165) is 34.4 Å². The molecule has 2 aromatic heterocycles. The van der Waals surface area contributed by atoms with Crippen LogP contribution >= 0.6 is 11.8 Å². The third-order valence-electron chi connectivity index (χ3n) is 4.29. The van der Waals surface area contributed by atoms with E-state index in [0.29, 0.717) is 12.3 Å². The number of carbonyl (C=O) groups is 2. The highest BCUT2D eigenvalue weighted by atomic mass is 32.2. The lowest BCUT2D eigenvalue weighted by Gasteiger charge is -2.10. The first-order valence-corrected chi connectivity index (χ1v) is 9.59. The van der Waals surface area contributed by atoms with Crippen molar-refractivity contribution in [3.8, 4) is 5.69 Å². The van der Waals surface area contributed by atoms with Crippen LogP contribution in [-0.2, 0) is 11.2 Å². The zero-order valence-corrected chi connectivity index (χ0v) is 16.9. The Morgan fingerprint density at radius 3 is 2.41 bits per heavy atom. The highest BCUT2D eigenvalue weighted by Gasteiger charge is 2.17. The summed E-state index contributed by atoms with van der Waals surface area (Å²) in [6, 6.07) is 8.37. The quantitative estimate of drug-likeness (QED) is 0.441. The molecule has 0 spiro atoms. The van der Waals surface area contributed by atoms with Gasteiger partial charge in [-0.15, -0.1) is 10.2 Å². The summed E-state index contributed by atoms with van der Waals surface area (Å²) in [6.45, 7) is 5.64. The summed E-state index contributed by atoms with van der Waals surface area (Å²) in [5, 5.41) is 26.5. The standard InChI is InChI=1S/C20H19N3O5S/c1-4-17-21-22-20(28-17)29-16(19(26)27)10-14-9-11(2)23(12(14)3)15-7-5-13(6-8-15)18(24)25/h5-10H,4H2,1-3H3,(H,24,25)(H,26,27)/b16-10-. The number of aliphatic carboxylic acids is 1. The smallest absolute Gasteiger partial charge is 0.342 e. The van der Waals surface area contributed by atoms with E-state index >= 15 is 0 Å². The summed E-state index contributed by atoms with van der Waals surface area (Å²) in [6.07, 6.45) is 2.13. The van der Waals surface area contributed by atoms with Crippen LogP contribution in [0.25, 0.3) is 11.8 Å². The number of nitrogens with zero attached hydrogens (tertiary/aromatic N) is 3. The summed E-state index contributed by atoms with van der Waals surface area (Å²) < 4.78 is 7.33. The second-order valence-corrected chi connectivity index (χ2v) is 7.24. The van der Waals surface area contributed by atoms with E-state index in [1.165, 1.54) is 12.1 Å². The number of hydrogen-bond donors (Lipinski definition) is 2. The molecule has 0 radical (unpaired) electrons. The second kappa shape index (κ2) is 8.36. The summed E-state index contributed by atoms with van der Waals surface area (Å²) in [5.74, 6) is -1.64. The van der Waals surface area contributed by atoms with E-state index in [-0.39, 0.29) is 15.7 Å². The number of thioether (sulfide) groups is 1. The molecule has 3 rings (SSSR count). The van der Waals surface area contributed by atoms with Gasteiger partial charge in [-0.1, -0.05) is 6.92 Å². The van der Waals surface area contributed by atoms with E-state index < -0.39 is 11.9 Å². The molecule has 1 aromatic carbocycles. The zero-order chi connectivity index (χ0) is 21.1. The number of carboxylic acids is 2. The number of carboxylic acid groups (broad SMARTS) is 2. The molecule has 0 saturated heterocycles.